The molecule has 3 aromatic rings. The highest BCUT2D eigenvalue weighted by Gasteiger charge is 2.28. The molecule has 138 valence electrons. The lowest BCUT2D eigenvalue weighted by molar-refractivity contribution is 0.0773. The Hall–Kier alpha value is -3.08. The maximum absolute atomic E-state index is 12.9. The number of ether oxygens (including phenoxy) is 1. The van der Waals surface area contributed by atoms with Crippen molar-refractivity contribution in [3.63, 3.8) is 0 Å². The molecule has 5 heteroatoms. The van der Waals surface area contributed by atoms with E-state index in [1.54, 1.807) is 6.20 Å². The summed E-state index contributed by atoms with van der Waals surface area (Å²) in [5.74, 6) is 0.836. The van der Waals surface area contributed by atoms with Gasteiger partial charge < -0.3 is 14.5 Å². The van der Waals surface area contributed by atoms with Crippen molar-refractivity contribution in [1.82, 2.24) is 9.88 Å². The Labute approximate surface area is 159 Å². The normalized spacial score (nSPS) is 16.5. The molecule has 1 amide bonds. The number of carbonyl (C=O) groups is 1. The van der Waals surface area contributed by atoms with Crippen molar-refractivity contribution in [3.05, 3.63) is 66.4 Å². The van der Waals surface area contributed by atoms with E-state index in [1.165, 1.54) is 0 Å². The van der Waals surface area contributed by atoms with E-state index < -0.39 is 0 Å². The Bertz CT molecular complexity index is 965. The van der Waals surface area contributed by atoms with Crippen LogP contribution in [0.3, 0.4) is 0 Å². The van der Waals surface area contributed by atoms with Crippen LogP contribution in [0, 0.1) is 0 Å². The van der Waals surface area contributed by atoms with E-state index in [1.807, 2.05) is 78.5 Å². The number of likely N-dealkylation sites (tertiary alicyclic amines) is 1. The third-order valence-electron chi connectivity index (χ3n) is 4.93. The van der Waals surface area contributed by atoms with Crippen LogP contribution in [0.4, 0.5) is 5.69 Å². The Balaban J connectivity index is 1.47. The van der Waals surface area contributed by atoms with Crippen molar-refractivity contribution < 1.29 is 9.53 Å². The van der Waals surface area contributed by atoms with E-state index in [0.29, 0.717) is 18.7 Å². The van der Waals surface area contributed by atoms with Crippen LogP contribution in [0.25, 0.3) is 10.9 Å². The molecular formula is C22H23N3O2. The van der Waals surface area contributed by atoms with Gasteiger partial charge in [-0.25, -0.2) is 0 Å². The van der Waals surface area contributed by atoms with Crippen molar-refractivity contribution in [2.45, 2.75) is 12.5 Å². The second-order valence-corrected chi connectivity index (χ2v) is 7.06. The standard InChI is InChI=1S/C22H23N3O2/c1-24(2)18-9-3-7-17(14-18)22(26)25-13-11-19(15-25)27-20-10-4-6-16-8-5-12-23-21(16)20/h3-10,12,14,19H,11,13,15H2,1-2H3. The van der Waals surface area contributed by atoms with Gasteiger partial charge in [0.05, 0.1) is 6.54 Å². The average Bonchev–Trinajstić information content (AvgIpc) is 3.16. The van der Waals surface area contributed by atoms with Gasteiger partial charge in [0.25, 0.3) is 5.91 Å². The molecule has 5 nitrogen and oxygen atoms in total. The van der Waals surface area contributed by atoms with Crippen LogP contribution in [0.2, 0.25) is 0 Å². The molecule has 0 bridgehead atoms. The molecule has 1 fully saturated rings. The quantitative estimate of drug-likeness (QED) is 0.712. The largest absolute Gasteiger partial charge is 0.486 e. The predicted octanol–water partition coefficient (Wildman–Crippen LogP) is 3.59. The summed E-state index contributed by atoms with van der Waals surface area (Å²) in [4.78, 5) is 21.2. The molecule has 0 aliphatic carbocycles. The smallest absolute Gasteiger partial charge is 0.254 e. The second kappa shape index (κ2) is 7.27. The van der Waals surface area contributed by atoms with Crippen LogP contribution in [-0.4, -0.2) is 49.1 Å². The molecule has 2 aromatic carbocycles. The summed E-state index contributed by atoms with van der Waals surface area (Å²) in [5.41, 5.74) is 2.60. The summed E-state index contributed by atoms with van der Waals surface area (Å²) >= 11 is 0. The molecule has 27 heavy (non-hydrogen) atoms. The van der Waals surface area contributed by atoms with Gasteiger partial charge in [0.1, 0.15) is 17.4 Å². The SMILES string of the molecule is CN(C)c1cccc(C(=O)N2CCC(Oc3cccc4cccnc34)C2)c1. The number of amides is 1. The zero-order chi connectivity index (χ0) is 18.8. The van der Waals surface area contributed by atoms with Crippen LogP contribution < -0.4 is 9.64 Å². The van der Waals surface area contributed by atoms with Gasteiger partial charge in [-0.2, -0.15) is 0 Å². The molecule has 1 aliphatic rings. The summed E-state index contributed by atoms with van der Waals surface area (Å²) in [6, 6.07) is 17.6. The minimum absolute atomic E-state index is 0.0152. The van der Waals surface area contributed by atoms with E-state index in [-0.39, 0.29) is 12.0 Å². The predicted molar refractivity (Wildman–Crippen MR) is 107 cm³/mol. The number of aromatic nitrogens is 1. The lowest BCUT2D eigenvalue weighted by Gasteiger charge is -2.19. The van der Waals surface area contributed by atoms with Crippen LogP contribution in [0.15, 0.2) is 60.8 Å². The van der Waals surface area contributed by atoms with Crippen molar-refractivity contribution in [2.24, 2.45) is 0 Å². The topological polar surface area (TPSA) is 45.7 Å². The summed E-state index contributed by atoms with van der Waals surface area (Å²) in [7, 11) is 3.95. The fourth-order valence-electron chi connectivity index (χ4n) is 3.46. The zero-order valence-electron chi connectivity index (χ0n) is 15.6. The van der Waals surface area contributed by atoms with E-state index >= 15 is 0 Å². The van der Waals surface area contributed by atoms with Crippen LogP contribution in [0.5, 0.6) is 5.75 Å². The summed E-state index contributed by atoms with van der Waals surface area (Å²) in [6.07, 6.45) is 2.58. The second-order valence-electron chi connectivity index (χ2n) is 7.06. The maximum Gasteiger partial charge on any atom is 0.254 e. The summed E-state index contributed by atoms with van der Waals surface area (Å²) in [6.45, 7) is 1.29. The molecule has 1 unspecified atom stereocenters. The first kappa shape index (κ1) is 17.3. The van der Waals surface area contributed by atoms with Crippen molar-refractivity contribution in [1.29, 1.82) is 0 Å². The molecule has 0 spiro atoms. The van der Waals surface area contributed by atoms with E-state index in [0.717, 1.165) is 28.8 Å². The van der Waals surface area contributed by atoms with Crippen LogP contribution in [-0.2, 0) is 0 Å². The van der Waals surface area contributed by atoms with E-state index in [4.69, 9.17) is 4.74 Å². The van der Waals surface area contributed by atoms with Gasteiger partial charge in [0.15, 0.2) is 0 Å². The van der Waals surface area contributed by atoms with E-state index in [9.17, 15) is 4.79 Å². The number of anilines is 1. The lowest BCUT2D eigenvalue weighted by atomic mass is 10.1. The number of pyridine rings is 1. The monoisotopic (exact) mass is 361 g/mol. The highest BCUT2D eigenvalue weighted by Crippen LogP contribution is 2.27. The van der Waals surface area contributed by atoms with Crippen molar-refractivity contribution in [2.75, 3.05) is 32.1 Å². The fourth-order valence-corrected chi connectivity index (χ4v) is 3.46. The number of rotatable bonds is 4. The molecule has 1 saturated heterocycles. The van der Waals surface area contributed by atoms with Gasteiger partial charge in [-0.1, -0.05) is 24.3 Å². The first-order chi connectivity index (χ1) is 13.1. The minimum atomic E-state index is -0.0152. The molecule has 1 aliphatic heterocycles. The van der Waals surface area contributed by atoms with Gasteiger partial charge >= 0.3 is 0 Å². The lowest BCUT2D eigenvalue weighted by Crippen LogP contribution is -2.31. The van der Waals surface area contributed by atoms with Crippen molar-refractivity contribution in [3.8, 4) is 5.75 Å². The first-order valence-electron chi connectivity index (χ1n) is 9.19. The molecule has 0 radical (unpaired) electrons. The van der Waals surface area contributed by atoms with Gasteiger partial charge in [-0.05, 0) is 30.3 Å². The molecule has 2 heterocycles. The first-order valence-corrected chi connectivity index (χ1v) is 9.19. The fraction of sp³-hybridized carbons (Fsp3) is 0.273. The number of hydrogen-bond acceptors (Lipinski definition) is 4. The number of carbonyl (C=O) groups excluding carboxylic acids is 1. The average molecular weight is 361 g/mol. The number of hydrogen-bond donors (Lipinski definition) is 0. The third-order valence-corrected chi connectivity index (χ3v) is 4.93. The Morgan fingerprint density at radius 3 is 2.81 bits per heavy atom. The molecule has 4 rings (SSSR count). The van der Waals surface area contributed by atoms with Gasteiger partial charge in [0.2, 0.25) is 0 Å². The molecule has 1 atom stereocenters. The zero-order valence-corrected chi connectivity index (χ0v) is 15.6. The molecule has 0 N–H and O–H groups in total. The molecular weight excluding hydrogens is 338 g/mol. The van der Waals surface area contributed by atoms with E-state index in [2.05, 4.69) is 4.98 Å². The molecule has 0 saturated carbocycles. The number of fused-ring (bicyclic) bond motifs is 1. The van der Waals surface area contributed by atoms with Gasteiger partial charge in [0, 0.05) is 49.9 Å². The van der Waals surface area contributed by atoms with Crippen LogP contribution in [0.1, 0.15) is 16.8 Å². The van der Waals surface area contributed by atoms with Gasteiger partial charge in [-0.3, -0.25) is 9.78 Å². The van der Waals surface area contributed by atoms with Gasteiger partial charge in [-0.15, -0.1) is 0 Å². The molecule has 1 aromatic heterocycles. The highest BCUT2D eigenvalue weighted by molar-refractivity contribution is 5.95. The Kier molecular flexibility index (Phi) is 4.67. The Morgan fingerprint density at radius 2 is 1.96 bits per heavy atom. The number of para-hydroxylation sites is 1. The van der Waals surface area contributed by atoms with Crippen LogP contribution >= 0.6 is 0 Å². The number of benzene rings is 2. The highest BCUT2D eigenvalue weighted by atomic mass is 16.5. The number of nitrogens with zero attached hydrogens (tertiary/aromatic N) is 3. The maximum atomic E-state index is 12.9. The Morgan fingerprint density at radius 1 is 1.15 bits per heavy atom. The minimum Gasteiger partial charge on any atom is -0.486 e. The summed E-state index contributed by atoms with van der Waals surface area (Å²) in [5, 5.41) is 1.06. The summed E-state index contributed by atoms with van der Waals surface area (Å²) < 4.78 is 6.20. The van der Waals surface area contributed by atoms with Crippen molar-refractivity contribution >= 4 is 22.5 Å². The third kappa shape index (κ3) is 3.58.